The van der Waals surface area contributed by atoms with Crippen LogP contribution in [-0.4, -0.2) is 59.4 Å². The molecule has 0 aromatic carbocycles. The second kappa shape index (κ2) is 8.85. The van der Waals surface area contributed by atoms with Gasteiger partial charge in [-0.15, -0.1) is 11.8 Å². The quantitative estimate of drug-likeness (QED) is 0.794. The standard InChI is InChI=1S/C13H26N2OS.C2H6/c1-11(2)13(3,4)17-10-12(16)15-8-6-14(5)7-9-15;1-2/h11H,6-10H2,1-5H3;1-2H3. The first-order valence-corrected chi connectivity index (χ1v) is 8.42. The van der Waals surface area contributed by atoms with Crippen molar-refractivity contribution in [3.8, 4) is 0 Å². The zero-order valence-corrected chi connectivity index (χ0v) is 14.6. The monoisotopic (exact) mass is 288 g/mol. The molecule has 3 nitrogen and oxygen atoms in total. The molecular weight excluding hydrogens is 256 g/mol. The summed E-state index contributed by atoms with van der Waals surface area (Å²) in [4.78, 5) is 16.3. The van der Waals surface area contributed by atoms with Crippen molar-refractivity contribution < 1.29 is 4.79 Å². The van der Waals surface area contributed by atoms with Crippen LogP contribution >= 0.6 is 11.8 Å². The summed E-state index contributed by atoms with van der Waals surface area (Å²) in [7, 11) is 2.11. The molecule has 0 aromatic heterocycles. The van der Waals surface area contributed by atoms with Gasteiger partial charge in [-0.25, -0.2) is 0 Å². The number of piperazine rings is 1. The van der Waals surface area contributed by atoms with Crippen molar-refractivity contribution >= 4 is 17.7 Å². The third kappa shape index (κ3) is 6.66. The van der Waals surface area contributed by atoms with E-state index in [1.54, 1.807) is 11.8 Å². The maximum absolute atomic E-state index is 12.1. The van der Waals surface area contributed by atoms with Crippen LogP contribution in [0.3, 0.4) is 0 Å². The second-order valence-electron chi connectivity index (χ2n) is 5.73. The average molecular weight is 289 g/mol. The maximum atomic E-state index is 12.1. The minimum absolute atomic E-state index is 0.183. The van der Waals surface area contributed by atoms with Gasteiger partial charge < -0.3 is 9.80 Å². The van der Waals surface area contributed by atoms with Gasteiger partial charge in [0.2, 0.25) is 5.91 Å². The van der Waals surface area contributed by atoms with Gasteiger partial charge in [0.1, 0.15) is 0 Å². The van der Waals surface area contributed by atoms with E-state index in [9.17, 15) is 4.79 Å². The lowest BCUT2D eigenvalue weighted by Gasteiger charge is -2.34. The van der Waals surface area contributed by atoms with Crippen LogP contribution in [0.1, 0.15) is 41.5 Å². The van der Waals surface area contributed by atoms with Crippen molar-refractivity contribution in [1.82, 2.24) is 9.80 Å². The Balaban J connectivity index is 0.00000154. The van der Waals surface area contributed by atoms with Gasteiger partial charge in [-0.3, -0.25) is 4.79 Å². The summed E-state index contributed by atoms with van der Waals surface area (Å²) < 4.78 is 0.183. The lowest BCUT2D eigenvalue weighted by molar-refractivity contribution is -0.129. The number of carbonyl (C=O) groups is 1. The average Bonchev–Trinajstić information content (AvgIpc) is 2.39. The molecule has 0 aromatic rings. The molecule has 114 valence electrons. The summed E-state index contributed by atoms with van der Waals surface area (Å²) in [5.41, 5.74) is 0. The van der Waals surface area contributed by atoms with Crippen LogP contribution in [0.25, 0.3) is 0 Å². The van der Waals surface area contributed by atoms with Crippen molar-refractivity contribution in [3.63, 3.8) is 0 Å². The fourth-order valence-corrected chi connectivity index (χ4v) is 2.57. The topological polar surface area (TPSA) is 23.6 Å². The summed E-state index contributed by atoms with van der Waals surface area (Å²) in [6.07, 6.45) is 0. The Kier molecular flexibility index (Phi) is 8.75. The number of rotatable bonds is 4. The summed E-state index contributed by atoms with van der Waals surface area (Å²) >= 11 is 1.78. The molecule has 0 radical (unpaired) electrons. The van der Waals surface area contributed by atoms with Crippen molar-refractivity contribution in [1.29, 1.82) is 0 Å². The Morgan fingerprint density at radius 2 is 1.63 bits per heavy atom. The van der Waals surface area contributed by atoms with Crippen LogP contribution in [0, 0.1) is 5.92 Å². The summed E-state index contributed by atoms with van der Waals surface area (Å²) in [5, 5.41) is 0. The lowest BCUT2D eigenvalue weighted by Crippen LogP contribution is -2.48. The number of likely N-dealkylation sites (N-methyl/N-ethyl adjacent to an activating group) is 1. The van der Waals surface area contributed by atoms with Crippen LogP contribution < -0.4 is 0 Å². The molecule has 1 aliphatic heterocycles. The minimum Gasteiger partial charge on any atom is -0.339 e. The Hall–Kier alpha value is -0.220. The Morgan fingerprint density at radius 1 is 1.16 bits per heavy atom. The first-order chi connectivity index (χ1) is 8.83. The third-order valence-electron chi connectivity index (χ3n) is 3.81. The predicted octanol–water partition coefficient (Wildman–Crippen LogP) is 2.95. The van der Waals surface area contributed by atoms with Crippen molar-refractivity contribution in [2.45, 2.75) is 46.3 Å². The molecule has 1 rings (SSSR count). The van der Waals surface area contributed by atoms with Crippen LogP contribution in [0.15, 0.2) is 0 Å². The molecule has 1 amide bonds. The molecular formula is C15H32N2OS. The smallest absolute Gasteiger partial charge is 0.232 e. The molecule has 0 bridgehead atoms. The molecule has 1 heterocycles. The van der Waals surface area contributed by atoms with E-state index in [0.29, 0.717) is 17.6 Å². The molecule has 0 spiro atoms. The van der Waals surface area contributed by atoms with Gasteiger partial charge in [0.15, 0.2) is 0 Å². The van der Waals surface area contributed by atoms with E-state index >= 15 is 0 Å². The van der Waals surface area contributed by atoms with Gasteiger partial charge in [-0.05, 0) is 13.0 Å². The van der Waals surface area contributed by atoms with Crippen molar-refractivity contribution in [3.05, 3.63) is 0 Å². The fourth-order valence-electron chi connectivity index (χ4n) is 1.56. The van der Waals surface area contributed by atoms with Crippen LogP contribution in [0.4, 0.5) is 0 Å². The highest BCUT2D eigenvalue weighted by Gasteiger charge is 2.26. The Bertz CT molecular complexity index is 259. The van der Waals surface area contributed by atoms with Gasteiger partial charge in [0.05, 0.1) is 5.75 Å². The predicted molar refractivity (Wildman–Crippen MR) is 86.8 cm³/mol. The molecule has 1 saturated heterocycles. The van der Waals surface area contributed by atoms with Crippen LogP contribution in [0.5, 0.6) is 0 Å². The highest BCUT2D eigenvalue weighted by Crippen LogP contribution is 2.32. The van der Waals surface area contributed by atoms with Gasteiger partial charge in [0, 0.05) is 30.9 Å². The van der Waals surface area contributed by atoms with E-state index in [2.05, 4.69) is 39.6 Å². The first kappa shape index (κ1) is 18.8. The van der Waals surface area contributed by atoms with Crippen LogP contribution in [-0.2, 0) is 4.79 Å². The number of thioether (sulfide) groups is 1. The van der Waals surface area contributed by atoms with E-state index in [0.717, 1.165) is 26.2 Å². The molecule has 1 fully saturated rings. The molecule has 19 heavy (non-hydrogen) atoms. The highest BCUT2D eigenvalue weighted by molar-refractivity contribution is 8.01. The zero-order chi connectivity index (χ0) is 15.1. The van der Waals surface area contributed by atoms with E-state index in [-0.39, 0.29) is 4.75 Å². The number of carbonyl (C=O) groups excluding carboxylic acids is 1. The van der Waals surface area contributed by atoms with Crippen molar-refractivity contribution in [2.75, 3.05) is 39.0 Å². The normalized spacial score (nSPS) is 17.2. The minimum atomic E-state index is 0.183. The maximum Gasteiger partial charge on any atom is 0.232 e. The highest BCUT2D eigenvalue weighted by atomic mass is 32.2. The van der Waals surface area contributed by atoms with Gasteiger partial charge in [-0.1, -0.05) is 41.5 Å². The van der Waals surface area contributed by atoms with Gasteiger partial charge in [0.25, 0.3) is 0 Å². The Labute approximate surface area is 124 Å². The largest absolute Gasteiger partial charge is 0.339 e. The number of hydrogen-bond donors (Lipinski definition) is 0. The second-order valence-corrected chi connectivity index (χ2v) is 7.36. The summed E-state index contributed by atoms with van der Waals surface area (Å²) in [5.74, 6) is 1.51. The fraction of sp³-hybridized carbons (Fsp3) is 0.933. The molecule has 1 aliphatic rings. The van der Waals surface area contributed by atoms with Gasteiger partial charge in [-0.2, -0.15) is 0 Å². The van der Waals surface area contributed by atoms with E-state index in [4.69, 9.17) is 0 Å². The Morgan fingerprint density at radius 3 is 2.05 bits per heavy atom. The molecule has 0 N–H and O–H groups in total. The number of nitrogens with zero attached hydrogens (tertiary/aromatic N) is 2. The summed E-state index contributed by atoms with van der Waals surface area (Å²) in [6, 6.07) is 0. The summed E-state index contributed by atoms with van der Waals surface area (Å²) in [6.45, 7) is 16.7. The molecule has 0 atom stereocenters. The van der Waals surface area contributed by atoms with Gasteiger partial charge >= 0.3 is 0 Å². The molecule has 0 saturated carbocycles. The van der Waals surface area contributed by atoms with Crippen LogP contribution in [0.2, 0.25) is 0 Å². The van der Waals surface area contributed by atoms with E-state index in [1.165, 1.54) is 0 Å². The lowest BCUT2D eigenvalue weighted by atomic mass is 10.00. The molecule has 0 unspecified atom stereocenters. The molecule has 0 aliphatic carbocycles. The number of amides is 1. The van der Waals surface area contributed by atoms with Crippen molar-refractivity contribution in [2.24, 2.45) is 5.92 Å². The van der Waals surface area contributed by atoms with E-state index in [1.807, 2.05) is 18.7 Å². The van der Waals surface area contributed by atoms with E-state index < -0.39 is 0 Å². The first-order valence-electron chi connectivity index (χ1n) is 7.43. The zero-order valence-electron chi connectivity index (χ0n) is 13.8. The SMILES string of the molecule is CC.CC(C)C(C)(C)SCC(=O)N1CCN(C)CC1. The number of hydrogen-bond acceptors (Lipinski definition) is 3. The third-order valence-corrected chi connectivity index (χ3v) is 5.42. The molecule has 4 heteroatoms.